The molecule has 272 valence electrons. The Labute approximate surface area is 314 Å². The second-order valence-electron chi connectivity index (χ2n) is 12.7. The van der Waals surface area contributed by atoms with E-state index in [1.165, 1.54) is 23.3 Å². The molecule has 0 fully saturated rings. The maximum atomic E-state index is 13.4. The minimum atomic E-state index is -4.48. The van der Waals surface area contributed by atoms with Crippen LogP contribution in [0.5, 0.6) is 5.75 Å². The quantitative estimate of drug-likeness (QED) is 0.149. The summed E-state index contributed by atoms with van der Waals surface area (Å²) in [6.07, 6.45) is -3.20. The van der Waals surface area contributed by atoms with Gasteiger partial charge in [-0.05, 0) is 121 Å². The topological polar surface area (TPSA) is 115 Å². The molecule has 0 saturated carbocycles. The molecule has 13 heteroatoms. The number of carbonyl (C=O) groups excluding carboxylic acids is 2. The first-order valence-electron chi connectivity index (χ1n) is 16.8. The van der Waals surface area contributed by atoms with Gasteiger partial charge in [0, 0.05) is 40.1 Å². The molecular weight excluding hydrogens is 759 g/mol. The van der Waals surface area contributed by atoms with Gasteiger partial charge in [-0.3, -0.25) is 9.59 Å². The van der Waals surface area contributed by atoms with Crippen LogP contribution in [-0.4, -0.2) is 31.5 Å². The van der Waals surface area contributed by atoms with E-state index in [1.807, 2.05) is 32.0 Å². The first-order chi connectivity index (χ1) is 24.8. The zero-order valence-corrected chi connectivity index (χ0v) is 31.2. The predicted molar refractivity (Wildman–Crippen MR) is 200 cm³/mol. The number of benzene rings is 4. The second-order valence-corrected chi connectivity index (χ2v) is 13.9. The molecule has 6 rings (SSSR count). The molecule has 4 aromatic rings. The third-order valence-corrected chi connectivity index (χ3v) is 9.74. The average Bonchev–Trinajstić information content (AvgIpc) is 3.11. The minimum absolute atomic E-state index is 0.0970. The van der Waals surface area contributed by atoms with Crippen molar-refractivity contribution in [3.63, 3.8) is 0 Å². The van der Waals surface area contributed by atoms with Crippen molar-refractivity contribution in [2.75, 3.05) is 30.3 Å². The number of carbonyl (C=O) groups is 2. The Morgan fingerprint density at radius 1 is 0.904 bits per heavy atom. The number of amides is 2. The number of hydrogen-bond donors (Lipinski definition) is 4. The Morgan fingerprint density at radius 3 is 2.06 bits per heavy atom. The number of rotatable bonds is 7. The molecule has 0 bridgehead atoms. The summed E-state index contributed by atoms with van der Waals surface area (Å²) in [5.41, 5.74) is 5.70. The van der Waals surface area contributed by atoms with Gasteiger partial charge in [-0.25, -0.2) is 0 Å². The molecule has 2 heterocycles. The van der Waals surface area contributed by atoms with Gasteiger partial charge in [0.15, 0.2) is 0 Å². The number of ether oxygens (including phenoxy) is 1. The van der Waals surface area contributed by atoms with Crippen molar-refractivity contribution in [3.05, 3.63) is 120 Å². The van der Waals surface area contributed by atoms with Gasteiger partial charge in [0.25, 0.3) is 11.8 Å². The first kappa shape index (κ1) is 38.8. The molecule has 0 aromatic heterocycles. The number of alkyl halides is 3. The Morgan fingerprint density at radius 2 is 1.48 bits per heavy atom. The summed E-state index contributed by atoms with van der Waals surface area (Å²) in [4.78, 5) is 25.0. The summed E-state index contributed by atoms with van der Waals surface area (Å²) in [5.74, 6) is -0.0648. The van der Waals surface area contributed by atoms with Crippen LogP contribution in [-0.2, 0) is 32.1 Å². The van der Waals surface area contributed by atoms with Crippen LogP contribution >= 0.6 is 27.5 Å². The third kappa shape index (κ3) is 9.33. The molecule has 52 heavy (non-hydrogen) atoms. The maximum absolute atomic E-state index is 13.4. The van der Waals surface area contributed by atoms with E-state index in [9.17, 15) is 28.0 Å². The fourth-order valence-corrected chi connectivity index (χ4v) is 7.14. The number of nitriles is 1. The van der Waals surface area contributed by atoms with Crippen LogP contribution in [0, 0.1) is 11.3 Å². The van der Waals surface area contributed by atoms with Gasteiger partial charge < -0.3 is 26.0 Å². The van der Waals surface area contributed by atoms with Crippen molar-refractivity contribution in [3.8, 4) is 11.8 Å². The summed E-state index contributed by atoms with van der Waals surface area (Å²) in [5, 5.41) is 21.5. The van der Waals surface area contributed by atoms with Crippen LogP contribution < -0.4 is 26.0 Å². The molecule has 2 aliphatic heterocycles. The lowest BCUT2D eigenvalue weighted by molar-refractivity contribution is -0.138. The SMILES string of the molecule is CC(C)c1ccc(C(=O)Nc2cc(Br)c3c(c2)CNCC3)cc1C#N.CCOc1ccc(C(=O)Nc2cc3c(c(C(F)(F)F)c2)CCNC3)cc1Cl. The van der Waals surface area contributed by atoms with Crippen LogP contribution in [0.1, 0.15) is 86.3 Å². The molecule has 0 aliphatic carbocycles. The van der Waals surface area contributed by atoms with Crippen LogP contribution in [0.3, 0.4) is 0 Å². The molecule has 2 amide bonds. The summed E-state index contributed by atoms with van der Waals surface area (Å²) < 4.78 is 46.6. The average molecular weight is 797 g/mol. The molecule has 8 nitrogen and oxygen atoms in total. The summed E-state index contributed by atoms with van der Waals surface area (Å²) in [6, 6.07) is 18.5. The highest BCUT2D eigenvalue weighted by molar-refractivity contribution is 9.10. The summed E-state index contributed by atoms with van der Waals surface area (Å²) in [6.45, 7) is 8.90. The highest BCUT2D eigenvalue weighted by Gasteiger charge is 2.35. The lowest BCUT2D eigenvalue weighted by atomic mass is 9.94. The van der Waals surface area contributed by atoms with E-state index >= 15 is 0 Å². The van der Waals surface area contributed by atoms with E-state index in [4.69, 9.17) is 16.3 Å². The predicted octanol–water partition coefficient (Wildman–Crippen LogP) is 9.00. The van der Waals surface area contributed by atoms with E-state index in [-0.39, 0.29) is 33.7 Å². The minimum Gasteiger partial charge on any atom is -0.492 e. The van der Waals surface area contributed by atoms with E-state index in [1.54, 1.807) is 31.2 Å². The molecule has 4 aromatic carbocycles. The molecular formula is C39H38BrClF3N5O3. The van der Waals surface area contributed by atoms with Crippen molar-refractivity contribution >= 4 is 50.7 Å². The summed E-state index contributed by atoms with van der Waals surface area (Å²) in [7, 11) is 0. The van der Waals surface area contributed by atoms with E-state index in [0.29, 0.717) is 48.6 Å². The van der Waals surface area contributed by atoms with Crippen LogP contribution in [0.15, 0.2) is 65.1 Å². The summed E-state index contributed by atoms with van der Waals surface area (Å²) >= 11 is 9.68. The Kier molecular flexibility index (Phi) is 12.6. The van der Waals surface area contributed by atoms with Gasteiger partial charge in [-0.1, -0.05) is 47.4 Å². The molecule has 0 unspecified atom stereocenters. The van der Waals surface area contributed by atoms with Gasteiger partial charge in [0.1, 0.15) is 5.75 Å². The monoisotopic (exact) mass is 795 g/mol. The Hall–Kier alpha value is -4.41. The maximum Gasteiger partial charge on any atom is 0.416 e. The lowest BCUT2D eigenvalue weighted by Crippen LogP contribution is -2.27. The highest BCUT2D eigenvalue weighted by atomic mass is 79.9. The Balaban J connectivity index is 0.000000202. The zero-order valence-electron chi connectivity index (χ0n) is 28.9. The fraction of sp³-hybridized carbons (Fsp3) is 0.308. The van der Waals surface area contributed by atoms with Gasteiger partial charge >= 0.3 is 6.18 Å². The Bertz CT molecular complexity index is 2030. The normalized spacial score (nSPS) is 13.5. The van der Waals surface area contributed by atoms with Crippen LogP contribution in [0.4, 0.5) is 24.5 Å². The highest BCUT2D eigenvalue weighted by Crippen LogP contribution is 2.37. The number of fused-ring (bicyclic) bond motifs is 2. The molecule has 0 radical (unpaired) electrons. The lowest BCUT2D eigenvalue weighted by Gasteiger charge is -2.23. The van der Waals surface area contributed by atoms with Gasteiger partial charge in [0.2, 0.25) is 0 Å². The fourth-order valence-electron chi connectivity index (χ4n) is 6.21. The number of halogens is 5. The van der Waals surface area contributed by atoms with Crippen molar-refractivity contribution in [2.45, 2.75) is 58.8 Å². The number of nitrogens with one attached hydrogen (secondary N) is 4. The number of nitrogens with zero attached hydrogens (tertiary/aromatic N) is 1. The van der Waals surface area contributed by atoms with Crippen LogP contribution in [0.25, 0.3) is 0 Å². The zero-order chi connectivity index (χ0) is 37.6. The molecule has 0 spiro atoms. The van der Waals surface area contributed by atoms with Crippen molar-refractivity contribution in [1.82, 2.24) is 10.6 Å². The molecule has 2 aliphatic rings. The molecule has 0 atom stereocenters. The second kappa shape index (κ2) is 16.9. The third-order valence-electron chi connectivity index (χ3n) is 8.74. The van der Waals surface area contributed by atoms with Crippen molar-refractivity contribution in [1.29, 1.82) is 5.26 Å². The van der Waals surface area contributed by atoms with E-state index in [2.05, 4.69) is 43.3 Å². The van der Waals surface area contributed by atoms with Gasteiger partial charge in [0.05, 0.1) is 28.8 Å². The molecule has 4 N–H and O–H groups in total. The molecule has 0 saturated heterocycles. The van der Waals surface area contributed by atoms with Crippen molar-refractivity contribution < 1.29 is 27.5 Å². The first-order valence-corrected chi connectivity index (χ1v) is 18.0. The van der Waals surface area contributed by atoms with Gasteiger partial charge in [-0.15, -0.1) is 0 Å². The number of anilines is 2. The standard InChI is InChI=1S/C20H20BrN3O.C19H18ClF3N2O2/c1-12(2)17-4-3-13(7-14(17)10-22)20(25)24-16-8-15-11-23-6-5-18(15)19(21)9-16;1-2-27-17-4-3-11(8-16(17)20)18(26)25-13-7-12-10-24-6-5-14(12)15(9-13)19(21,22)23/h3-4,7-9,12,23H,5-6,11H2,1-2H3,(H,24,25);3-4,7-9,24H,2,5-6,10H2,1H3,(H,25,26). The van der Waals surface area contributed by atoms with E-state index < -0.39 is 17.6 Å². The van der Waals surface area contributed by atoms with Gasteiger partial charge in [-0.2, -0.15) is 18.4 Å². The smallest absolute Gasteiger partial charge is 0.416 e. The van der Waals surface area contributed by atoms with Crippen molar-refractivity contribution in [2.24, 2.45) is 0 Å². The van der Waals surface area contributed by atoms with E-state index in [0.717, 1.165) is 41.3 Å². The van der Waals surface area contributed by atoms with Crippen LogP contribution in [0.2, 0.25) is 5.02 Å². The number of hydrogen-bond acceptors (Lipinski definition) is 6. The largest absolute Gasteiger partial charge is 0.492 e.